The van der Waals surface area contributed by atoms with E-state index < -0.39 is 0 Å². The monoisotopic (exact) mass is 194 g/mol. The maximum absolute atomic E-state index is 10.5. The highest BCUT2D eigenvalue weighted by molar-refractivity contribution is 5.73. The van der Waals surface area contributed by atoms with Crippen molar-refractivity contribution in [3.63, 3.8) is 0 Å². The fourth-order valence-corrected chi connectivity index (χ4v) is 1.27. The number of primary amides is 1. The van der Waals surface area contributed by atoms with Crippen molar-refractivity contribution in [2.24, 2.45) is 5.73 Å². The Kier molecular flexibility index (Phi) is 3.34. The minimum absolute atomic E-state index is 0.108. The number of aryl methyl sites for hydroxylation is 1. The van der Waals surface area contributed by atoms with Crippen LogP contribution in [0.25, 0.3) is 0 Å². The van der Waals surface area contributed by atoms with E-state index in [9.17, 15) is 9.90 Å². The Morgan fingerprint density at radius 3 is 2.79 bits per heavy atom. The zero-order valence-electron chi connectivity index (χ0n) is 7.86. The van der Waals surface area contributed by atoms with E-state index in [1.54, 1.807) is 18.2 Å². The van der Waals surface area contributed by atoms with Gasteiger partial charge in [-0.25, -0.2) is 0 Å². The molecule has 0 aromatic heterocycles. The molecule has 0 aliphatic heterocycles. The molecule has 1 rings (SSSR count). The number of hydrogen-bond acceptors (Lipinski definition) is 3. The molecule has 0 fully saturated rings. The van der Waals surface area contributed by atoms with Gasteiger partial charge < -0.3 is 16.6 Å². The van der Waals surface area contributed by atoms with Gasteiger partial charge in [-0.3, -0.25) is 4.79 Å². The molecule has 0 atom stereocenters. The van der Waals surface area contributed by atoms with E-state index in [-0.39, 0.29) is 11.7 Å². The van der Waals surface area contributed by atoms with Gasteiger partial charge in [0.1, 0.15) is 5.75 Å². The van der Waals surface area contributed by atoms with Crippen molar-refractivity contribution in [2.75, 3.05) is 5.73 Å². The van der Waals surface area contributed by atoms with Gasteiger partial charge in [0.2, 0.25) is 5.91 Å². The number of anilines is 1. The highest BCUT2D eigenvalue weighted by Crippen LogP contribution is 2.25. The van der Waals surface area contributed by atoms with E-state index in [1.807, 2.05) is 0 Å². The summed E-state index contributed by atoms with van der Waals surface area (Å²) < 4.78 is 0. The number of aromatic hydroxyl groups is 1. The normalized spacial score (nSPS) is 10.0. The van der Waals surface area contributed by atoms with Gasteiger partial charge in [0, 0.05) is 6.42 Å². The third-order valence-electron chi connectivity index (χ3n) is 2.02. The maximum Gasteiger partial charge on any atom is 0.217 e. The lowest BCUT2D eigenvalue weighted by atomic mass is 10.1. The third kappa shape index (κ3) is 2.65. The Bertz CT molecular complexity index is 337. The number of para-hydroxylation sites is 1. The summed E-state index contributed by atoms with van der Waals surface area (Å²) in [5, 5.41) is 9.52. The molecule has 0 aliphatic rings. The molecular weight excluding hydrogens is 180 g/mol. The van der Waals surface area contributed by atoms with Crippen LogP contribution in [0, 0.1) is 0 Å². The van der Waals surface area contributed by atoms with Crippen molar-refractivity contribution in [3.8, 4) is 5.75 Å². The van der Waals surface area contributed by atoms with Crippen LogP contribution < -0.4 is 11.5 Å². The summed E-state index contributed by atoms with van der Waals surface area (Å²) in [6.45, 7) is 0. The quantitative estimate of drug-likeness (QED) is 0.488. The van der Waals surface area contributed by atoms with Gasteiger partial charge in [0.05, 0.1) is 5.69 Å². The van der Waals surface area contributed by atoms with Gasteiger partial charge in [-0.05, 0) is 24.5 Å². The molecule has 4 nitrogen and oxygen atoms in total. The fourth-order valence-electron chi connectivity index (χ4n) is 1.27. The topological polar surface area (TPSA) is 89.3 Å². The van der Waals surface area contributed by atoms with Crippen LogP contribution in [0.15, 0.2) is 18.2 Å². The number of phenolic OH excluding ortho intramolecular Hbond substituents is 1. The number of hydrogen-bond donors (Lipinski definition) is 3. The van der Waals surface area contributed by atoms with Gasteiger partial charge in [-0.2, -0.15) is 0 Å². The van der Waals surface area contributed by atoms with Gasteiger partial charge >= 0.3 is 0 Å². The van der Waals surface area contributed by atoms with Gasteiger partial charge in [-0.1, -0.05) is 12.1 Å². The molecule has 1 aromatic rings. The molecule has 1 aromatic carbocycles. The molecule has 0 saturated carbocycles. The first kappa shape index (κ1) is 10.4. The van der Waals surface area contributed by atoms with E-state index in [2.05, 4.69) is 0 Å². The SMILES string of the molecule is NC(=O)CCCc1cccc(N)c1O. The van der Waals surface area contributed by atoms with Gasteiger partial charge in [0.25, 0.3) is 0 Å². The molecule has 5 N–H and O–H groups in total. The second-order valence-corrected chi connectivity index (χ2v) is 3.17. The number of carbonyl (C=O) groups is 1. The highest BCUT2D eigenvalue weighted by atomic mass is 16.3. The summed E-state index contributed by atoms with van der Waals surface area (Å²) in [4.78, 5) is 10.5. The van der Waals surface area contributed by atoms with E-state index in [4.69, 9.17) is 11.5 Å². The fraction of sp³-hybridized carbons (Fsp3) is 0.300. The summed E-state index contributed by atoms with van der Waals surface area (Å²) in [5.74, 6) is -0.217. The molecule has 0 radical (unpaired) electrons. The number of nitrogen functional groups attached to an aromatic ring is 1. The summed E-state index contributed by atoms with van der Waals surface area (Å²) in [6, 6.07) is 5.19. The van der Waals surface area contributed by atoms with Gasteiger partial charge in [-0.15, -0.1) is 0 Å². The van der Waals surface area contributed by atoms with Crippen LogP contribution in [0.2, 0.25) is 0 Å². The van der Waals surface area contributed by atoms with E-state index in [0.717, 1.165) is 5.56 Å². The zero-order chi connectivity index (χ0) is 10.6. The minimum Gasteiger partial charge on any atom is -0.506 e. The Hall–Kier alpha value is -1.71. The number of amides is 1. The summed E-state index contributed by atoms with van der Waals surface area (Å²) in [5.41, 5.74) is 11.6. The molecule has 0 spiro atoms. The predicted octanol–water partition coefficient (Wildman–Crippen LogP) is 0.782. The molecule has 0 aliphatic carbocycles. The van der Waals surface area contributed by atoms with Crippen LogP contribution in [0.1, 0.15) is 18.4 Å². The average Bonchev–Trinajstić information content (AvgIpc) is 2.12. The highest BCUT2D eigenvalue weighted by Gasteiger charge is 2.04. The lowest BCUT2D eigenvalue weighted by Gasteiger charge is -2.05. The lowest BCUT2D eigenvalue weighted by Crippen LogP contribution is -2.10. The minimum atomic E-state index is -0.326. The molecule has 0 bridgehead atoms. The van der Waals surface area contributed by atoms with Crippen LogP contribution in [0.5, 0.6) is 5.75 Å². The van der Waals surface area contributed by atoms with Crippen molar-refractivity contribution < 1.29 is 9.90 Å². The first-order chi connectivity index (χ1) is 6.61. The maximum atomic E-state index is 10.5. The second kappa shape index (κ2) is 4.50. The number of nitrogens with two attached hydrogens (primary N) is 2. The summed E-state index contributed by atoms with van der Waals surface area (Å²) in [6.07, 6.45) is 1.57. The molecule has 0 saturated heterocycles. The first-order valence-electron chi connectivity index (χ1n) is 4.46. The Morgan fingerprint density at radius 2 is 2.14 bits per heavy atom. The van der Waals surface area contributed by atoms with E-state index >= 15 is 0 Å². The third-order valence-corrected chi connectivity index (χ3v) is 2.02. The van der Waals surface area contributed by atoms with Crippen LogP contribution in [-0.2, 0) is 11.2 Å². The summed E-state index contributed by atoms with van der Waals surface area (Å²) >= 11 is 0. The predicted molar refractivity (Wildman–Crippen MR) is 54.7 cm³/mol. The van der Waals surface area contributed by atoms with Crippen LogP contribution in [0.3, 0.4) is 0 Å². The Balaban J connectivity index is 2.59. The van der Waals surface area contributed by atoms with Crippen molar-refractivity contribution in [1.29, 1.82) is 0 Å². The van der Waals surface area contributed by atoms with Gasteiger partial charge in [0.15, 0.2) is 0 Å². The van der Waals surface area contributed by atoms with Crippen molar-refractivity contribution in [3.05, 3.63) is 23.8 Å². The molecule has 1 amide bonds. The van der Waals surface area contributed by atoms with Crippen molar-refractivity contribution >= 4 is 11.6 Å². The molecule has 4 heteroatoms. The number of rotatable bonds is 4. The summed E-state index contributed by atoms with van der Waals surface area (Å²) in [7, 11) is 0. The standard InChI is InChI=1S/C10H14N2O2/c11-8-5-1-3-7(10(8)14)4-2-6-9(12)13/h1,3,5,14H,2,4,6,11H2,(H2,12,13). The second-order valence-electron chi connectivity index (χ2n) is 3.17. The Labute approximate surface area is 82.5 Å². The van der Waals surface area contributed by atoms with Crippen molar-refractivity contribution in [1.82, 2.24) is 0 Å². The number of benzene rings is 1. The first-order valence-corrected chi connectivity index (χ1v) is 4.46. The van der Waals surface area contributed by atoms with Crippen LogP contribution in [0.4, 0.5) is 5.69 Å². The van der Waals surface area contributed by atoms with Crippen LogP contribution in [-0.4, -0.2) is 11.0 Å². The molecule has 0 unspecified atom stereocenters. The molecule has 14 heavy (non-hydrogen) atoms. The Morgan fingerprint density at radius 1 is 1.43 bits per heavy atom. The van der Waals surface area contributed by atoms with E-state index in [1.165, 1.54) is 0 Å². The number of phenols is 1. The molecule has 0 heterocycles. The zero-order valence-corrected chi connectivity index (χ0v) is 7.86. The average molecular weight is 194 g/mol. The van der Waals surface area contributed by atoms with E-state index in [0.29, 0.717) is 24.9 Å². The van der Waals surface area contributed by atoms with Crippen molar-refractivity contribution in [2.45, 2.75) is 19.3 Å². The molecule has 76 valence electrons. The van der Waals surface area contributed by atoms with Crippen LogP contribution >= 0.6 is 0 Å². The number of carbonyl (C=O) groups excluding carboxylic acids is 1. The smallest absolute Gasteiger partial charge is 0.217 e. The lowest BCUT2D eigenvalue weighted by molar-refractivity contribution is -0.118. The molecular formula is C10H14N2O2. The largest absolute Gasteiger partial charge is 0.506 e.